The van der Waals surface area contributed by atoms with Crippen LogP contribution in [0.1, 0.15) is 21.5 Å². The van der Waals surface area contributed by atoms with Crippen molar-refractivity contribution >= 4 is 35.1 Å². The van der Waals surface area contributed by atoms with Crippen molar-refractivity contribution in [1.82, 2.24) is 5.32 Å². The molecule has 0 saturated heterocycles. The number of methoxy groups -OCH3 is 2. The van der Waals surface area contributed by atoms with Crippen LogP contribution in [0.15, 0.2) is 89.4 Å². The van der Waals surface area contributed by atoms with Crippen molar-refractivity contribution in [1.29, 1.82) is 0 Å². The van der Waals surface area contributed by atoms with Gasteiger partial charge in [-0.15, -0.1) is 0 Å². The molecule has 6 nitrogen and oxygen atoms in total. The fourth-order valence-corrected chi connectivity index (χ4v) is 3.40. The molecule has 3 aromatic carbocycles. The number of thiocarbonyl (C=S) groups is 1. The van der Waals surface area contributed by atoms with Gasteiger partial charge in [0.05, 0.1) is 19.8 Å². The lowest BCUT2D eigenvalue weighted by molar-refractivity contribution is 0.104. The fraction of sp³-hybridized carbons (Fsp3) is 0.148. The molecule has 3 rings (SSSR count). The molecule has 0 fully saturated rings. The summed E-state index contributed by atoms with van der Waals surface area (Å²) < 4.78 is 10.6. The van der Waals surface area contributed by atoms with Gasteiger partial charge in [0.25, 0.3) is 0 Å². The molecular formula is C27H26N2O4S. The normalized spacial score (nSPS) is 11.6. The van der Waals surface area contributed by atoms with Crippen LogP contribution in [-0.2, 0) is 6.42 Å². The van der Waals surface area contributed by atoms with E-state index in [2.05, 4.69) is 10.3 Å². The van der Waals surface area contributed by atoms with E-state index in [-0.39, 0.29) is 22.2 Å². The first kappa shape index (κ1) is 24.7. The Morgan fingerprint density at radius 3 is 2.18 bits per heavy atom. The second-order valence-corrected chi connectivity index (χ2v) is 7.64. The molecule has 0 bridgehead atoms. The largest absolute Gasteiger partial charge is 0.506 e. The summed E-state index contributed by atoms with van der Waals surface area (Å²) in [5, 5.41) is 14.1. The highest BCUT2D eigenvalue weighted by Gasteiger charge is 2.17. The molecule has 0 aromatic heterocycles. The van der Waals surface area contributed by atoms with Gasteiger partial charge >= 0.3 is 0 Å². The standard InChI is InChI=1S/C27H26N2O4S/c1-32-23-14-13-19(17-24(23)33-2)15-16-28-27(34)29-18-22(25(30)20-9-5-3-6-10-20)26(31)21-11-7-4-8-12-21/h3-14,17-18,30H,15-16H2,1-2H3,(H,28,34)/b25-22+,29-18+. The number of ketones is 1. The summed E-state index contributed by atoms with van der Waals surface area (Å²) in [5.41, 5.74) is 2.05. The summed E-state index contributed by atoms with van der Waals surface area (Å²) in [6.45, 7) is 0.530. The Balaban J connectivity index is 1.72. The van der Waals surface area contributed by atoms with Gasteiger partial charge in [0, 0.05) is 23.9 Å². The molecule has 0 aliphatic carbocycles. The van der Waals surface area contributed by atoms with E-state index in [1.165, 1.54) is 6.21 Å². The fourth-order valence-electron chi connectivity index (χ4n) is 3.24. The SMILES string of the molecule is COc1ccc(CCNC(=S)/N=C/C(C(=O)c2ccccc2)=C(\O)c2ccccc2)cc1OC. The summed E-state index contributed by atoms with van der Waals surface area (Å²) in [4.78, 5) is 17.3. The number of allylic oxidation sites excluding steroid dienone is 1. The minimum Gasteiger partial charge on any atom is -0.506 e. The third-order valence-corrected chi connectivity index (χ3v) is 5.28. The predicted molar refractivity (Wildman–Crippen MR) is 139 cm³/mol. The molecule has 0 aliphatic heterocycles. The molecule has 0 aliphatic rings. The van der Waals surface area contributed by atoms with E-state index in [1.54, 1.807) is 62.8 Å². The number of hydrogen-bond acceptors (Lipinski definition) is 5. The van der Waals surface area contributed by atoms with Crippen molar-refractivity contribution in [2.75, 3.05) is 20.8 Å². The smallest absolute Gasteiger partial charge is 0.198 e. The Labute approximate surface area is 204 Å². The summed E-state index contributed by atoms with van der Waals surface area (Å²) in [6.07, 6.45) is 1.99. The molecule has 7 heteroatoms. The van der Waals surface area contributed by atoms with Crippen molar-refractivity contribution < 1.29 is 19.4 Å². The van der Waals surface area contributed by atoms with Crippen LogP contribution < -0.4 is 14.8 Å². The average molecular weight is 475 g/mol. The Morgan fingerprint density at radius 2 is 1.56 bits per heavy atom. The number of aliphatic hydroxyl groups excluding tert-OH is 1. The lowest BCUT2D eigenvalue weighted by Crippen LogP contribution is -2.22. The van der Waals surface area contributed by atoms with Gasteiger partial charge in [0.1, 0.15) is 5.76 Å². The zero-order chi connectivity index (χ0) is 24.3. The van der Waals surface area contributed by atoms with Gasteiger partial charge in [-0.3, -0.25) is 4.79 Å². The van der Waals surface area contributed by atoms with Gasteiger partial charge in [0.15, 0.2) is 22.4 Å². The van der Waals surface area contributed by atoms with Gasteiger partial charge in [-0.2, -0.15) is 0 Å². The summed E-state index contributed by atoms with van der Waals surface area (Å²) in [6, 6.07) is 23.3. The Hall–Kier alpha value is -3.97. The van der Waals surface area contributed by atoms with E-state index < -0.39 is 0 Å². The first-order valence-electron chi connectivity index (χ1n) is 10.6. The molecule has 174 valence electrons. The third-order valence-electron chi connectivity index (χ3n) is 5.03. The number of aliphatic imine (C=N–C) groups is 1. The zero-order valence-corrected chi connectivity index (χ0v) is 19.8. The Morgan fingerprint density at radius 1 is 0.941 bits per heavy atom. The number of benzene rings is 3. The maximum absolute atomic E-state index is 13.1. The van der Waals surface area contributed by atoms with Crippen LogP contribution in [0.3, 0.4) is 0 Å². The molecular weight excluding hydrogens is 448 g/mol. The van der Waals surface area contributed by atoms with Crippen molar-refractivity contribution in [2.24, 2.45) is 4.99 Å². The van der Waals surface area contributed by atoms with Crippen molar-refractivity contribution in [2.45, 2.75) is 6.42 Å². The first-order valence-corrected chi connectivity index (χ1v) is 11.1. The van der Waals surface area contributed by atoms with Crippen molar-refractivity contribution in [3.05, 3.63) is 101 Å². The van der Waals surface area contributed by atoms with Crippen LogP contribution in [0.4, 0.5) is 0 Å². The zero-order valence-electron chi connectivity index (χ0n) is 19.0. The predicted octanol–water partition coefficient (Wildman–Crippen LogP) is 5.04. The number of carbonyl (C=O) groups excluding carboxylic acids is 1. The lowest BCUT2D eigenvalue weighted by atomic mass is 10.0. The Kier molecular flexibility index (Phi) is 8.94. The van der Waals surface area contributed by atoms with Crippen LogP contribution in [0.5, 0.6) is 11.5 Å². The van der Waals surface area contributed by atoms with Gasteiger partial charge in [-0.25, -0.2) is 4.99 Å². The summed E-state index contributed by atoms with van der Waals surface area (Å²) in [5.74, 6) is 0.816. The van der Waals surface area contributed by atoms with Crippen LogP contribution in [0.25, 0.3) is 5.76 Å². The number of Topliss-reactive ketones (excluding diaryl/α,β-unsaturated/α-hetero) is 1. The van der Waals surface area contributed by atoms with Crippen LogP contribution in [0, 0.1) is 0 Å². The molecule has 0 amide bonds. The number of hydrogen-bond donors (Lipinski definition) is 2. The van der Waals surface area contributed by atoms with E-state index in [9.17, 15) is 9.90 Å². The number of ether oxygens (including phenoxy) is 2. The maximum atomic E-state index is 13.1. The number of aliphatic hydroxyl groups is 1. The number of nitrogens with zero attached hydrogens (tertiary/aromatic N) is 1. The van der Waals surface area contributed by atoms with Gasteiger partial charge in [0.2, 0.25) is 0 Å². The topological polar surface area (TPSA) is 80.2 Å². The number of rotatable bonds is 9. The third kappa shape index (κ3) is 6.52. The number of carbonyl (C=O) groups is 1. The maximum Gasteiger partial charge on any atom is 0.198 e. The molecule has 0 unspecified atom stereocenters. The molecule has 0 atom stereocenters. The van der Waals surface area contributed by atoms with Gasteiger partial charge in [-0.1, -0.05) is 66.7 Å². The summed E-state index contributed by atoms with van der Waals surface area (Å²) in [7, 11) is 3.19. The highest BCUT2D eigenvalue weighted by atomic mass is 32.1. The quantitative estimate of drug-likeness (QED) is 0.149. The molecule has 2 N–H and O–H groups in total. The van der Waals surface area contributed by atoms with Crippen molar-refractivity contribution in [3.63, 3.8) is 0 Å². The second kappa shape index (κ2) is 12.3. The van der Waals surface area contributed by atoms with Gasteiger partial charge in [-0.05, 0) is 36.3 Å². The van der Waals surface area contributed by atoms with Crippen LogP contribution in [-0.4, -0.2) is 43.0 Å². The molecule has 0 spiro atoms. The molecule has 3 aromatic rings. The molecule has 0 saturated carbocycles. The summed E-state index contributed by atoms with van der Waals surface area (Å²) >= 11 is 5.31. The van der Waals surface area contributed by atoms with E-state index in [0.717, 1.165) is 5.56 Å². The minimum absolute atomic E-state index is 0.0569. The first-order chi connectivity index (χ1) is 16.5. The van der Waals surface area contributed by atoms with Gasteiger partial charge < -0.3 is 19.9 Å². The molecule has 0 radical (unpaired) electrons. The Bertz CT molecular complexity index is 1190. The van der Waals surface area contributed by atoms with E-state index in [0.29, 0.717) is 35.6 Å². The molecule has 0 heterocycles. The highest BCUT2D eigenvalue weighted by molar-refractivity contribution is 7.80. The monoisotopic (exact) mass is 474 g/mol. The number of nitrogens with one attached hydrogen (secondary N) is 1. The van der Waals surface area contributed by atoms with E-state index in [4.69, 9.17) is 21.7 Å². The highest BCUT2D eigenvalue weighted by Crippen LogP contribution is 2.27. The lowest BCUT2D eigenvalue weighted by Gasteiger charge is -2.10. The van der Waals surface area contributed by atoms with Crippen LogP contribution in [0.2, 0.25) is 0 Å². The second-order valence-electron chi connectivity index (χ2n) is 7.25. The van der Waals surface area contributed by atoms with E-state index in [1.807, 2.05) is 30.3 Å². The van der Waals surface area contributed by atoms with E-state index >= 15 is 0 Å². The minimum atomic E-state index is -0.348. The van der Waals surface area contributed by atoms with Crippen molar-refractivity contribution in [3.8, 4) is 11.5 Å². The average Bonchev–Trinajstić information content (AvgIpc) is 2.89. The van der Waals surface area contributed by atoms with Crippen LogP contribution >= 0.6 is 12.2 Å². The molecule has 34 heavy (non-hydrogen) atoms.